The predicted octanol–water partition coefficient (Wildman–Crippen LogP) is 1.51. The highest BCUT2D eigenvalue weighted by atomic mass is 32.2. The van der Waals surface area contributed by atoms with Gasteiger partial charge in [-0.2, -0.15) is 4.33 Å². The lowest BCUT2D eigenvalue weighted by molar-refractivity contribution is -0.160. The first-order valence-corrected chi connectivity index (χ1v) is 5.91. The van der Waals surface area contributed by atoms with Gasteiger partial charge in [0.2, 0.25) is 0 Å². The molecule has 0 spiro atoms. The van der Waals surface area contributed by atoms with Crippen molar-refractivity contribution in [3.8, 4) is 0 Å². The van der Waals surface area contributed by atoms with Crippen molar-refractivity contribution in [2.24, 2.45) is 5.92 Å². The van der Waals surface area contributed by atoms with E-state index in [1.807, 2.05) is 0 Å². The molecule has 0 amide bonds. The molecular formula is C10H15NO4S. The first-order valence-electron chi connectivity index (χ1n) is 5.17. The Morgan fingerprint density at radius 3 is 3.19 bits per heavy atom. The molecule has 5 nitrogen and oxygen atoms in total. The molecule has 2 atom stereocenters. The number of aliphatic hydroxyl groups is 1. The lowest BCUT2D eigenvalue weighted by Gasteiger charge is -2.13. The summed E-state index contributed by atoms with van der Waals surface area (Å²) in [5.41, 5.74) is 0. The smallest absolute Gasteiger partial charge is 0.190 e. The van der Waals surface area contributed by atoms with Gasteiger partial charge in [0.05, 0.1) is 7.11 Å². The Morgan fingerprint density at radius 1 is 1.62 bits per heavy atom. The van der Waals surface area contributed by atoms with Crippen molar-refractivity contribution in [1.29, 1.82) is 0 Å². The fraction of sp³-hybridized carbons (Fsp3) is 0.600. The third kappa shape index (κ3) is 2.78. The number of hydrogen-bond donors (Lipinski definition) is 2. The lowest BCUT2D eigenvalue weighted by atomic mass is 10.00. The van der Waals surface area contributed by atoms with E-state index in [4.69, 9.17) is 4.42 Å². The Bertz CT molecular complexity index is 324. The van der Waals surface area contributed by atoms with E-state index in [1.165, 1.54) is 7.11 Å². The van der Waals surface area contributed by atoms with E-state index in [0.717, 1.165) is 31.6 Å². The molecule has 90 valence electrons. The van der Waals surface area contributed by atoms with Crippen LogP contribution in [0.5, 0.6) is 0 Å². The van der Waals surface area contributed by atoms with Gasteiger partial charge in [-0.1, -0.05) is 0 Å². The highest BCUT2D eigenvalue weighted by Gasteiger charge is 2.26. The van der Waals surface area contributed by atoms with Crippen LogP contribution in [-0.2, 0) is 9.22 Å². The van der Waals surface area contributed by atoms with E-state index >= 15 is 0 Å². The van der Waals surface area contributed by atoms with E-state index in [-0.39, 0.29) is 5.92 Å². The number of nitrogens with one attached hydrogen (secondary N) is 1. The summed E-state index contributed by atoms with van der Waals surface area (Å²) in [4.78, 5) is 4.45. The molecule has 0 aromatic carbocycles. The Hall–Kier alpha value is -0.530. The molecule has 0 aliphatic carbocycles. The zero-order chi connectivity index (χ0) is 11.4. The summed E-state index contributed by atoms with van der Waals surface area (Å²) in [6.07, 6.45) is 0.422. The highest BCUT2D eigenvalue weighted by Crippen LogP contribution is 2.31. The molecule has 1 aliphatic rings. The average molecular weight is 245 g/mol. The van der Waals surface area contributed by atoms with Gasteiger partial charge in [-0.3, -0.25) is 0 Å². The minimum atomic E-state index is -0.549. The Kier molecular flexibility index (Phi) is 4.25. The maximum absolute atomic E-state index is 10.0. The molecular weight excluding hydrogens is 230 g/mol. The molecule has 2 heterocycles. The largest absolute Gasteiger partial charge is 0.450 e. The molecule has 2 rings (SSSR count). The number of rotatable bonds is 5. The van der Waals surface area contributed by atoms with Crippen LogP contribution in [0.25, 0.3) is 0 Å². The number of aliphatic hydroxyl groups excluding tert-OH is 1. The average Bonchev–Trinajstić information content (AvgIpc) is 2.96. The Labute approximate surface area is 98.2 Å². The van der Waals surface area contributed by atoms with Crippen LogP contribution >= 0.6 is 12.0 Å². The van der Waals surface area contributed by atoms with Gasteiger partial charge in [0.15, 0.2) is 5.09 Å². The van der Waals surface area contributed by atoms with Crippen LogP contribution in [0.15, 0.2) is 21.6 Å². The number of hydrogen-bond acceptors (Lipinski definition) is 6. The van der Waals surface area contributed by atoms with Crippen molar-refractivity contribution in [2.75, 3.05) is 20.2 Å². The van der Waals surface area contributed by atoms with E-state index in [1.54, 1.807) is 12.1 Å². The van der Waals surface area contributed by atoms with Crippen LogP contribution in [0.3, 0.4) is 0 Å². The normalized spacial score (nSPS) is 22.5. The van der Waals surface area contributed by atoms with Crippen molar-refractivity contribution in [2.45, 2.75) is 17.6 Å². The van der Waals surface area contributed by atoms with E-state index in [2.05, 4.69) is 14.5 Å². The summed E-state index contributed by atoms with van der Waals surface area (Å²) < 4.78 is 10.1. The fourth-order valence-electron chi connectivity index (χ4n) is 1.78. The Balaban J connectivity index is 1.94. The van der Waals surface area contributed by atoms with Crippen LogP contribution in [0, 0.1) is 5.92 Å². The molecule has 1 saturated heterocycles. The van der Waals surface area contributed by atoms with Gasteiger partial charge in [-0.15, -0.1) is 0 Å². The third-order valence-corrected chi connectivity index (χ3v) is 3.21. The first-order chi connectivity index (χ1) is 7.81. The molecule has 2 N–H and O–H groups in total. The van der Waals surface area contributed by atoms with Crippen molar-refractivity contribution in [1.82, 2.24) is 5.32 Å². The van der Waals surface area contributed by atoms with Crippen LogP contribution in [0.4, 0.5) is 0 Å². The minimum Gasteiger partial charge on any atom is -0.450 e. The van der Waals surface area contributed by atoms with Gasteiger partial charge in [0.1, 0.15) is 23.9 Å². The highest BCUT2D eigenvalue weighted by molar-refractivity contribution is 7.94. The standard InChI is InChI=1S/C10H15NO4S/c1-13-15-16-9-3-2-8(14-9)10(12)7-4-5-11-6-7/h2-3,7,10-12H,4-6H2,1H3. The van der Waals surface area contributed by atoms with Gasteiger partial charge in [-0.05, 0) is 25.1 Å². The zero-order valence-corrected chi connectivity index (χ0v) is 9.83. The van der Waals surface area contributed by atoms with Crippen LogP contribution in [0.1, 0.15) is 18.3 Å². The molecule has 1 aromatic heterocycles. The molecule has 0 radical (unpaired) electrons. The molecule has 16 heavy (non-hydrogen) atoms. The summed E-state index contributed by atoms with van der Waals surface area (Å²) >= 11 is 0.986. The quantitative estimate of drug-likeness (QED) is 0.466. The molecule has 1 fully saturated rings. The monoisotopic (exact) mass is 245 g/mol. The second-order valence-corrected chi connectivity index (χ2v) is 4.38. The lowest BCUT2D eigenvalue weighted by Crippen LogP contribution is -2.15. The van der Waals surface area contributed by atoms with Crippen LogP contribution < -0.4 is 5.32 Å². The summed E-state index contributed by atoms with van der Waals surface area (Å²) in [6, 6.07) is 3.52. The summed E-state index contributed by atoms with van der Waals surface area (Å²) in [6.45, 7) is 1.79. The SMILES string of the molecule is COOSc1ccc(C(O)C2CCNC2)o1. The fourth-order valence-corrected chi connectivity index (χ4v) is 2.17. The van der Waals surface area contributed by atoms with Gasteiger partial charge < -0.3 is 14.8 Å². The second kappa shape index (κ2) is 5.70. The summed E-state index contributed by atoms with van der Waals surface area (Å²) in [5.74, 6) is 0.809. The zero-order valence-electron chi connectivity index (χ0n) is 9.01. The summed E-state index contributed by atoms with van der Waals surface area (Å²) in [7, 11) is 1.43. The number of furan rings is 1. The first kappa shape index (κ1) is 11.9. The van der Waals surface area contributed by atoms with Gasteiger partial charge >= 0.3 is 0 Å². The van der Waals surface area contributed by atoms with Crippen molar-refractivity contribution < 1.29 is 18.7 Å². The maximum Gasteiger partial charge on any atom is 0.190 e. The maximum atomic E-state index is 10.0. The van der Waals surface area contributed by atoms with Gasteiger partial charge in [0.25, 0.3) is 0 Å². The van der Waals surface area contributed by atoms with Gasteiger partial charge in [0, 0.05) is 12.5 Å². The van der Waals surface area contributed by atoms with E-state index in [0.29, 0.717) is 10.9 Å². The van der Waals surface area contributed by atoms with E-state index in [9.17, 15) is 5.11 Å². The molecule has 0 bridgehead atoms. The van der Waals surface area contributed by atoms with Gasteiger partial charge in [-0.25, -0.2) is 4.89 Å². The van der Waals surface area contributed by atoms with Crippen molar-refractivity contribution in [3.05, 3.63) is 17.9 Å². The molecule has 1 aliphatic heterocycles. The van der Waals surface area contributed by atoms with Crippen LogP contribution in [-0.4, -0.2) is 25.3 Å². The Morgan fingerprint density at radius 2 is 2.50 bits per heavy atom. The van der Waals surface area contributed by atoms with Crippen molar-refractivity contribution in [3.63, 3.8) is 0 Å². The van der Waals surface area contributed by atoms with E-state index < -0.39 is 6.10 Å². The molecule has 1 aromatic rings. The topological polar surface area (TPSA) is 63.9 Å². The third-order valence-electron chi connectivity index (χ3n) is 2.62. The summed E-state index contributed by atoms with van der Waals surface area (Å²) in [5, 5.41) is 13.8. The molecule has 2 unspecified atom stereocenters. The van der Waals surface area contributed by atoms with Crippen LogP contribution in [0.2, 0.25) is 0 Å². The van der Waals surface area contributed by atoms with Crippen molar-refractivity contribution >= 4 is 12.0 Å². The molecule has 0 saturated carbocycles. The predicted molar refractivity (Wildman–Crippen MR) is 58.6 cm³/mol. The second-order valence-electron chi connectivity index (χ2n) is 3.67. The molecule has 6 heteroatoms. The minimum absolute atomic E-state index is 0.229.